The minimum Gasteiger partial charge on any atom is -0.504 e. The van der Waals surface area contributed by atoms with Crippen LogP contribution in [0.2, 0.25) is 0 Å². The number of aromatic hydroxyl groups is 1. The van der Waals surface area contributed by atoms with Crippen molar-refractivity contribution >= 4 is 11.9 Å². The molecule has 0 saturated heterocycles. The van der Waals surface area contributed by atoms with Crippen LogP contribution in [0.1, 0.15) is 31.9 Å². The molecule has 22 heavy (non-hydrogen) atoms. The molecular weight excluding hydrogens is 276 g/mol. The maximum atomic E-state index is 10.2. The molecule has 0 heterocycles. The third-order valence-corrected chi connectivity index (χ3v) is 3.36. The van der Waals surface area contributed by atoms with Crippen molar-refractivity contribution in [2.45, 2.75) is 26.2 Å². The minimum atomic E-state index is -0.0452. The average molecular weight is 298 g/mol. The number of methoxy groups -OCH3 is 1. The van der Waals surface area contributed by atoms with E-state index in [9.17, 15) is 5.11 Å². The molecule has 2 aromatic carbocycles. The third kappa shape index (κ3) is 3.79. The lowest BCUT2D eigenvalue weighted by Gasteiger charge is -2.21. The van der Waals surface area contributed by atoms with Gasteiger partial charge in [0, 0.05) is 5.56 Å². The maximum Gasteiger partial charge on any atom is 0.166 e. The van der Waals surface area contributed by atoms with Crippen LogP contribution in [0.15, 0.2) is 47.6 Å². The summed E-state index contributed by atoms with van der Waals surface area (Å²) in [6, 6.07) is 13.4. The lowest BCUT2D eigenvalue weighted by atomic mass is 9.86. The van der Waals surface area contributed by atoms with Crippen LogP contribution < -0.4 is 10.2 Å². The second-order valence-electron chi connectivity index (χ2n) is 6.10. The molecule has 0 aliphatic rings. The molecule has 2 N–H and O–H groups in total. The van der Waals surface area contributed by atoms with Crippen molar-refractivity contribution in [2.75, 3.05) is 12.5 Å². The van der Waals surface area contributed by atoms with Gasteiger partial charge in [-0.2, -0.15) is 5.10 Å². The SMILES string of the molecule is COc1cc(C(C)(C)C)cc(C=NNc2ccccc2)c1O. The summed E-state index contributed by atoms with van der Waals surface area (Å²) in [5.41, 5.74) is 5.47. The number of phenolic OH excluding ortho intramolecular Hbond substituents is 1. The molecular formula is C18H22N2O2. The van der Waals surface area contributed by atoms with E-state index in [4.69, 9.17) is 4.74 Å². The van der Waals surface area contributed by atoms with Gasteiger partial charge in [0.15, 0.2) is 11.5 Å². The van der Waals surface area contributed by atoms with Crippen molar-refractivity contribution in [3.05, 3.63) is 53.6 Å². The Kier molecular flexibility index (Phi) is 4.71. The van der Waals surface area contributed by atoms with Crippen LogP contribution >= 0.6 is 0 Å². The fourth-order valence-electron chi connectivity index (χ4n) is 2.01. The van der Waals surface area contributed by atoms with Gasteiger partial charge >= 0.3 is 0 Å². The predicted octanol–water partition coefficient (Wildman–Crippen LogP) is 4.14. The van der Waals surface area contributed by atoms with Crippen LogP contribution in [0.3, 0.4) is 0 Å². The molecule has 4 nitrogen and oxygen atoms in total. The van der Waals surface area contributed by atoms with E-state index in [1.165, 1.54) is 0 Å². The Morgan fingerprint density at radius 1 is 1.14 bits per heavy atom. The number of para-hydroxylation sites is 1. The normalized spacial score (nSPS) is 11.6. The zero-order valence-corrected chi connectivity index (χ0v) is 13.4. The average Bonchev–Trinajstić information content (AvgIpc) is 2.49. The summed E-state index contributed by atoms with van der Waals surface area (Å²) in [5, 5.41) is 14.4. The molecule has 0 radical (unpaired) electrons. The lowest BCUT2D eigenvalue weighted by Crippen LogP contribution is -2.12. The number of phenols is 1. The van der Waals surface area contributed by atoms with Gasteiger partial charge in [-0.15, -0.1) is 0 Å². The highest BCUT2D eigenvalue weighted by Gasteiger charge is 2.18. The second-order valence-corrected chi connectivity index (χ2v) is 6.10. The van der Waals surface area contributed by atoms with Crippen LogP contribution in [0.5, 0.6) is 11.5 Å². The van der Waals surface area contributed by atoms with E-state index < -0.39 is 0 Å². The number of nitrogens with one attached hydrogen (secondary N) is 1. The molecule has 4 heteroatoms. The van der Waals surface area contributed by atoms with E-state index >= 15 is 0 Å². The predicted molar refractivity (Wildman–Crippen MR) is 91.0 cm³/mol. The summed E-state index contributed by atoms with van der Waals surface area (Å²) in [6.07, 6.45) is 1.60. The Balaban J connectivity index is 2.29. The molecule has 0 aliphatic carbocycles. The van der Waals surface area contributed by atoms with Crippen molar-refractivity contribution in [1.29, 1.82) is 0 Å². The zero-order chi connectivity index (χ0) is 16.2. The molecule has 116 valence electrons. The molecule has 0 aliphatic heterocycles. The monoisotopic (exact) mass is 298 g/mol. The maximum absolute atomic E-state index is 10.2. The number of ether oxygens (including phenoxy) is 1. The number of nitrogens with zero attached hydrogens (tertiary/aromatic N) is 1. The number of rotatable bonds is 4. The Morgan fingerprint density at radius 2 is 1.82 bits per heavy atom. The summed E-state index contributed by atoms with van der Waals surface area (Å²) < 4.78 is 5.25. The Bertz CT molecular complexity index is 659. The summed E-state index contributed by atoms with van der Waals surface area (Å²) in [4.78, 5) is 0. The van der Waals surface area contributed by atoms with Crippen LogP contribution in [0, 0.1) is 0 Å². The number of anilines is 1. The van der Waals surface area contributed by atoms with Gasteiger partial charge in [-0.3, -0.25) is 5.43 Å². The zero-order valence-electron chi connectivity index (χ0n) is 13.4. The van der Waals surface area contributed by atoms with Gasteiger partial charge in [0.2, 0.25) is 0 Å². The van der Waals surface area contributed by atoms with Crippen LogP contribution in [0.25, 0.3) is 0 Å². The van der Waals surface area contributed by atoms with Gasteiger partial charge in [0.05, 0.1) is 19.0 Å². The summed E-state index contributed by atoms with van der Waals surface area (Å²) in [6.45, 7) is 6.34. The number of hydrazone groups is 1. The van der Waals surface area contributed by atoms with Gasteiger partial charge in [-0.25, -0.2) is 0 Å². The van der Waals surface area contributed by atoms with Gasteiger partial charge in [0.1, 0.15) is 0 Å². The Labute approximate surface area is 131 Å². The fraction of sp³-hybridized carbons (Fsp3) is 0.278. The quantitative estimate of drug-likeness (QED) is 0.658. The van der Waals surface area contributed by atoms with E-state index in [2.05, 4.69) is 31.3 Å². The lowest BCUT2D eigenvalue weighted by molar-refractivity contribution is 0.371. The number of hydrogen-bond acceptors (Lipinski definition) is 4. The highest BCUT2D eigenvalue weighted by molar-refractivity contribution is 5.86. The fourth-order valence-corrected chi connectivity index (χ4v) is 2.01. The molecule has 0 fully saturated rings. The molecule has 0 bridgehead atoms. The van der Waals surface area contributed by atoms with E-state index in [1.807, 2.05) is 42.5 Å². The van der Waals surface area contributed by atoms with E-state index in [-0.39, 0.29) is 11.2 Å². The summed E-state index contributed by atoms with van der Waals surface area (Å²) in [5.74, 6) is 0.544. The van der Waals surface area contributed by atoms with Gasteiger partial charge in [-0.1, -0.05) is 39.0 Å². The second kappa shape index (κ2) is 6.52. The van der Waals surface area contributed by atoms with Gasteiger partial charge in [-0.05, 0) is 35.2 Å². The summed E-state index contributed by atoms with van der Waals surface area (Å²) in [7, 11) is 1.55. The van der Waals surface area contributed by atoms with Crippen molar-refractivity contribution in [1.82, 2.24) is 0 Å². The first kappa shape index (κ1) is 15.9. The van der Waals surface area contributed by atoms with E-state index in [0.717, 1.165) is 11.3 Å². The third-order valence-electron chi connectivity index (χ3n) is 3.36. The first-order valence-corrected chi connectivity index (χ1v) is 7.17. The van der Waals surface area contributed by atoms with Crippen LogP contribution in [-0.4, -0.2) is 18.4 Å². The highest BCUT2D eigenvalue weighted by atomic mass is 16.5. The molecule has 0 atom stereocenters. The van der Waals surface area contributed by atoms with Crippen LogP contribution in [-0.2, 0) is 5.41 Å². The molecule has 0 amide bonds. The van der Waals surface area contributed by atoms with Gasteiger partial charge in [0.25, 0.3) is 0 Å². The number of benzene rings is 2. The first-order chi connectivity index (χ1) is 10.4. The number of hydrogen-bond donors (Lipinski definition) is 2. The molecule has 0 aromatic heterocycles. The molecule has 0 saturated carbocycles. The van der Waals surface area contributed by atoms with Crippen molar-refractivity contribution in [3.8, 4) is 11.5 Å². The smallest absolute Gasteiger partial charge is 0.166 e. The minimum absolute atomic E-state index is 0.0452. The Hall–Kier alpha value is -2.49. The van der Waals surface area contributed by atoms with E-state index in [1.54, 1.807) is 13.3 Å². The van der Waals surface area contributed by atoms with Crippen LogP contribution in [0.4, 0.5) is 5.69 Å². The van der Waals surface area contributed by atoms with Crippen molar-refractivity contribution in [2.24, 2.45) is 5.10 Å². The Morgan fingerprint density at radius 3 is 2.41 bits per heavy atom. The standard InChI is InChI=1S/C18H22N2O2/c1-18(2,3)14-10-13(17(21)16(11-14)22-4)12-19-20-15-8-6-5-7-9-15/h5-12,20-21H,1-4H3. The van der Waals surface area contributed by atoms with Crippen molar-refractivity contribution < 1.29 is 9.84 Å². The topological polar surface area (TPSA) is 53.8 Å². The molecule has 0 unspecified atom stereocenters. The molecule has 0 spiro atoms. The molecule has 2 rings (SSSR count). The van der Waals surface area contributed by atoms with E-state index in [0.29, 0.717) is 11.3 Å². The molecule has 2 aromatic rings. The first-order valence-electron chi connectivity index (χ1n) is 7.17. The highest BCUT2D eigenvalue weighted by Crippen LogP contribution is 2.35. The van der Waals surface area contributed by atoms with Gasteiger partial charge < -0.3 is 9.84 Å². The van der Waals surface area contributed by atoms with Crippen molar-refractivity contribution in [3.63, 3.8) is 0 Å². The summed E-state index contributed by atoms with van der Waals surface area (Å²) >= 11 is 0. The largest absolute Gasteiger partial charge is 0.504 e.